The molecule has 0 bridgehead atoms. The van der Waals surface area contributed by atoms with Gasteiger partial charge in [-0.25, -0.2) is 8.78 Å². The highest BCUT2D eigenvalue weighted by atomic mass is 35.5. The van der Waals surface area contributed by atoms with Crippen molar-refractivity contribution in [3.63, 3.8) is 0 Å². The van der Waals surface area contributed by atoms with Gasteiger partial charge < -0.3 is 10.1 Å². The van der Waals surface area contributed by atoms with Gasteiger partial charge in [-0.05, 0) is 36.6 Å². The molecule has 0 saturated carbocycles. The van der Waals surface area contributed by atoms with Gasteiger partial charge in [-0.15, -0.1) is 0 Å². The van der Waals surface area contributed by atoms with Crippen LogP contribution in [0, 0.1) is 18.6 Å². The van der Waals surface area contributed by atoms with Crippen molar-refractivity contribution in [1.29, 1.82) is 0 Å². The van der Waals surface area contributed by atoms with Crippen LogP contribution in [-0.2, 0) is 0 Å². The molecule has 0 aliphatic heterocycles. The average Bonchev–Trinajstić information content (AvgIpc) is 2.42. The van der Waals surface area contributed by atoms with Crippen molar-refractivity contribution in [2.24, 2.45) is 0 Å². The molecule has 0 atom stereocenters. The number of nitrogens with zero attached hydrogens (tertiary/aromatic N) is 3. The van der Waals surface area contributed by atoms with Crippen molar-refractivity contribution in [3.8, 4) is 6.01 Å². The molecule has 0 fully saturated rings. The number of rotatable bonds is 5. The van der Waals surface area contributed by atoms with Gasteiger partial charge in [0.1, 0.15) is 11.6 Å². The van der Waals surface area contributed by atoms with Crippen LogP contribution in [0.1, 0.15) is 18.9 Å². The Kier molecular flexibility index (Phi) is 4.85. The molecule has 0 radical (unpaired) electrons. The van der Waals surface area contributed by atoms with Gasteiger partial charge in [0.15, 0.2) is 0 Å². The largest absolute Gasteiger partial charge is 0.463 e. The number of halogens is 3. The molecule has 8 heteroatoms. The minimum absolute atomic E-state index is 0.0207. The summed E-state index contributed by atoms with van der Waals surface area (Å²) < 4.78 is 32.5. The highest BCUT2D eigenvalue weighted by Gasteiger charge is 2.11. The predicted octanol–water partition coefficient (Wildman–Crippen LogP) is 3.64. The topological polar surface area (TPSA) is 59.9 Å². The second-order valence-electron chi connectivity index (χ2n) is 4.27. The third-order valence-corrected chi connectivity index (χ3v) is 2.69. The molecule has 0 unspecified atom stereocenters. The van der Waals surface area contributed by atoms with Gasteiger partial charge in [0.05, 0.1) is 12.3 Å². The Bertz CT molecular complexity index is 654. The molecule has 1 N–H and O–H groups in total. The van der Waals surface area contributed by atoms with Crippen LogP contribution in [0.2, 0.25) is 5.28 Å². The van der Waals surface area contributed by atoms with Gasteiger partial charge in [-0.1, -0.05) is 6.92 Å². The third kappa shape index (κ3) is 3.98. The van der Waals surface area contributed by atoms with E-state index < -0.39 is 11.6 Å². The second kappa shape index (κ2) is 6.62. The van der Waals surface area contributed by atoms with Gasteiger partial charge in [0.25, 0.3) is 0 Å². The van der Waals surface area contributed by atoms with E-state index in [0.29, 0.717) is 6.61 Å². The first kappa shape index (κ1) is 15.4. The summed E-state index contributed by atoms with van der Waals surface area (Å²) in [5, 5.41) is 2.45. The molecule has 1 aromatic heterocycles. The Morgan fingerprint density at radius 2 is 1.95 bits per heavy atom. The number of ether oxygens (including phenoxy) is 1. The molecule has 1 heterocycles. The van der Waals surface area contributed by atoms with Gasteiger partial charge >= 0.3 is 6.01 Å². The normalized spacial score (nSPS) is 10.5. The molecular formula is C13H13ClF2N4O. The summed E-state index contributed by atoms with van der Waals surface area (Å²) in [6.45, 7) is 3.80. The Morgan fingerprint density at radius 1 is 1.19 bits per heavy atom. The number of hydrogen-bond donors (Lipinski definition) is 1. The summed E-state index contributed by atoms with van der Waals surface area (Å²) >= 11 is 5.74. The van der Waals surface area contributed by atoms with Gasteiger partial charge in [-0.3, -0.25) is 0 Å². The molecule has 2 rings (SSSR count). The molecule has 0 amide bonds. The van der Waals surface area contributed by atoms with Crippen molar-refractivity contribution in [3.05, 3.63) is 34.6 Å². The van der Waals surface area contributed by atoms with Crippen LogP contribution >= 0.6 is 11.6 Å². The molecule has 0 spiro atoms. The smallest absolute Gasteiger partial charge is 0.322 e. The maximum absolute atomic E-state index is 13.8. The summed E-state index contributed by atoms with van der Waals surface area (Å²) in [6.07, 6.45) is 0.768. The first-order chi connectivity index (χ1) is 9.99. The first-order valence-electron chi connectivity index (χ1n) is 6.26. The zero-order chi connectivity index (χ0) is 15.4. The number of hydrogen-bond acceptors (Lipinski definition) is 5. The maximum atomic E-state index is 13.8. The van der Waals surface area contributed by atoms with E-state index in [4.69, 9.17) is 16.3 Å². The zero-order valence-electron chi connectivity index (χ0n) is 11.5. The number of aromatic nitrogens is 3. The molecular weight excluding hydrogens is 302 g/mol. The minimum atomic E-state index is -0.624. The summed E-state index contributed by atoms with van der Waals surface area (Å²) in [7, 11) is 0. The van der Waals surface area contributed by atoms with Crippen molar-refractivity contribution in [2.75, 3.05) is 11.9 Å². The molecule has 1 aromatic carbocycles. The summed E-state index contributed by atoms with van der Waals surface area (Å²) in [4.78, 5) is 11.5. The second-order valence-corrected chi connectivity index (χ2v) is 4.60. The molecule has 2 aromatic rings. The Labute approximate surface area is 125 Å². The SMILES string of the molecule is CCCOc1nc(Cl)nc(Nc2cc(F)c(C)cc2F)n1. The lowest BCUT2D eigenvalue weighted by atomic mass is 10.2. The van der Waals surface area contributed by atoms with Crippen molar-refractivity contribution in [1.82, 2.24) is 15.0 Å². The Hall–Kier alpha value is -2.02. The van der Waals surface area contributed by atoms with E-state index in [9.17, 15) is 8.78 Å². The standard InChI is InChI=1S/C13H13ClF2N4O/c1-3-4-21-13-19-11(14)18-12(20-13)17-10-6-8(15)7(2)5-9(10)16/h5-6H,3-4H2,1-2H3,(H,17,18,19,20). The van der Waals surface area contributed by atoms with E-state index in [-0.39, 0.29) is 28.5 Å². The molecule has 0 saturated heterocycles. The van der Waals surface area contributed by atoms with Crippen LogP contribution in [0.4, 0.5) is 20.4 Å². The molecule has 5 nitrogen and oxygen atoms in total. The lowest BCUT2D eigenvalue weighted by Gasteiger charge is -2.09. The van der Waals surface area contributed by atoms with E-state index in [1.54, 1.807) is 0 Å². The van der Waals surface area contributed by atoms with E-state index in [1.807, 2.05) is 6.92 Å². The fourth-order valence-electron chi connectivity index (χ4n) is 1.51. The summed E-state index contributed by atoms with van der Waals surface area (Å²) in [5.41, 5.74) is 0.112. The number of anilines is 2. The lowest BCUT2D eigenvalue weighted by Crippen LogP contribution is -2.06. The van der Waals surface area contributed by atoms with Crippen LogP contribution in [0.3, 0.4) is 0 Å². The van der Waals surface area contributed by atoms with Crippen LogP contribution in [0.5, 0.6) is 6.01 Å². The molecule has 0 aliphatic rings. The highest BCUT2D eigenvalue weighted by Crippen LogP contribution is 2.22. The maximum Gasteiger partial charge on any atom is 0.322 e. The third-order valence-electron chi connectivity index (χ3n) is 2.52. The zero-order valence-corrected chi connectivity index (χ0v) is 12.2. The lowest BCUT2D eigenvalue weighted by molar-refractivity contribution is 0.292. The van der Waals surface area contributed by atoms with Crippen LogP contribution in [-0.4, -0.2) is 21.6 Å². The van der Waals surface area contributed by atoms with Crippen LogP contribution < -0.4 is 10.1 Å². The van der Waals surface area contributed by atoms with Crippen LogP contribution in [0.25, 0.3) is 0 Å². The summed E-state index contributed by atoms with van der Waals surface area (Å²) in [6, 6.07) is 2.12. The quantitative estimate of drug-likeness (QED) is 0.913. The van der Waals surface area contributed by atoms with Gasteiger partial charge in [0, 0.05) is 6.07 Å². The van der Waals surface area contributed by atoms with E-state index in [0.717, 1.165) is 18.6 Å². The average molecular weight is 315 g/mol. The Morgan fingerprint density at radius 3 is 2.67 bits per heavy atom. The van der Waals surface area contributed by atoms with E-state index >= 15 is 0 Å². The van der Waals surface area contributed by atoms with Crippen molar-refractivity contribution >= 4 is 23.2 Å². The highest BCUT2D eigenvalue weighted by molar-refractivity contribution is 6.28. The molecule has 21 heavy (non-hydrogen) atoms. The van der Waals surface area contributed by atoms with E-state index in [2.05, 4.69) is 20.3 Å². The number of nitrogens with one attached hydrogen (secondary N) is 1. The minimum Gasteiger partial charge on any atom is -0.463 e. The predicted molar refractivity (Wildman–Crippen MR) is 75.0 cm³/mol. The fraction of sp³-hybridized carbons (Fsp3) is 0.308. The summed E-state index contributed by atoms with van der Waals surface area (Å²) in [5.74, 6) is -1.19. The van der Waals surface area contributed by atoms with Crippen LogP contribution in [0.15, 0.2) is 12.1 Å². The van der Waals surface area contributed by atoms with Gasteiger partial charge in [0.2, 0.25) is 11.2 Å². The number of aryl methyl sites for hydroxylation is 1. The molecule has 0 aliphatic carbocycles. The van der Waals surface area contributed by atoms with Crippen molar-refractivity contribution in [2.45, 2.75) is 20.3 Å². The Balaban J connectivity index is 2.27. The van der Waals surface area contributed by atoms with E-state index in [1.165, 1.54) is 6.92 Å². The first-order valence-corrected chi connectivity index (χ1v) is 6.64. The number of benzene rings is 1. The fourth-order valence-corrected chi connectivity index (χ4v) is 1.66. The van der Waals surface area contributed by atoms with Gasteiger partial charge in [-0.2, -0.15) is 15.0 Å². The van der Waals surface area contributed by atoms with Crippen molar-refractivity contribution < 1.29 is 13.5 Å². The monoisotopic (exact) mass is 314 g/mol. The molecule has 112 valence electrons.